The summed E-state index contributed by atoms with van der Waals surface area (Å²) in [5.41, 5.74) is 1.73. The molecule has 19 heavy (non-hydrogen) atoms. The highest BCUT2D eigenvalue weighted by atomic mass is 32.2. The molecule has 1 aliphatic heterocycles. The van der Waals surface area contributed by atoms with Gasteiger partial charge in [0, 0.05) is 28.6 Å². The molecular formula is C16H29NS2. The zero-order valence-electron chi connectivity index (χ0n) is 12.3. The average molecular weight is 300 g/mol. The van der Waals surface area contributed by atoms with E-state index in [9.17, 15) is 0 Å². The Hall–Kier alpha value is 0.400. The molecule has 110 valence electrons. The standard InChI is InChI=1S/C16H29NS2/c1-2-10-17-16(15-13-18-11-12-19-15)14-8-6-4-3-5-7-9-14/h8,15-17H,2-7,9-13H2,1H3. The molecule has 0 amide bonds. The fraction of sp³-hybridized carbons (Fsp3) is 0.875. The van der Waals surface area contributed by atoms with E-state index in [1.165, 1.54) is 68.7 Å². The lowest BCUT2D eigenvalue weighted by Crippen LogP contribution is -2.43. The number of hydrogen-bond acceptors (Lipinski definition) is 3. The van der Waals surface area contributed by atoms with Crippen LogP contribution in [-0.2, 0) is 0 Å². The summed E-state index contributed by atoms with van der Waals surface area (Å²) in [6.45, 7) is 3.45. The summed E-state index contributed by atoms with van der Waals surface area (Å²) in [5, 5.41) is 4.66. The molecule has 1 fully saturated rings. The van der Waals surface area contributed by atoms with Crippen molar-refractivity contribution in [2.45, 2.75) is 63.2 Å². The van der Waals surface area contributed by atoms with E-state index >= 15 is 0 Å². The van der Waals surface area contributed by atoms with Gasteiger partial charge in [-0.15, -0.1) is 0 Å². The van der Waals surface area contributed by atoms with Gasteiger partial charge in [-0.25, -0.2) is 0 Å². The van der Waals surface area contributed by atoms with E-state index in [0.717, 1.165) is 5.25 Å². The van der Waals surface area contributed by atoms with Gasteiger partial charge in [-0.1, -0.05) is 31.4 Å². The predicted molar refractivity (Wildman–Crippen MR) is 91.4 cm³/mol. The van der Waals surface area contributed by atoms with Crippen molar-refractivity contribution in [1.82, 2.24) is 5.32 Å². The van der Waals surface area contributed by atoms with Crippen LogP contribution in [-0.4, -0.2) is 35.1 Å². The van der Waals surface area contributed by atoms with Crippen LogP contribution in [0.1, 0.15) is 51.9 Å². The first-order valence-electron chi connectivity index (χ1n) is 8.03. The van der Waals surface area contributed by atoms with E-state index in [1.54, 1.807) is 5.57 Å². The quantitative estimate of drug-likeness (QED) is 0.752. The first-order valence-corrected chi connectivity index (χ1v) is 10.2. The van der Waals surface area contributed by atoms with Gasteiger partial charge in [-0.05, 0) is 38.6 Å². The first-order chi connectivity index (χ1) is 9.42. The minimum atomic E-state index is 0.649. The van der Waals surface area contributed by atoms with Crippen LogP contribution in [0.15, 0.2) is 11.6 Å². The molecule has 0 spiro atoms. The van der Waals surface area contributed by atoms with Gasteiger partial charge in [0.1, 0.15) is 0 Å². The summed E-state index contributed by atoms with van der Waals surface area (Å²) in [6.07, 6.45) is 12.1. The van der Waals surface area contributed by atoms with Crippen LogP contribution in [0, 0.1) is 0 Å². The summed E-state index contributed by atoms with van der Waals surface area (Å²) in [5.74, 6) is 4.02. The van der Waals surface area contributed by atoms with E-state index in [-0.39, 0.29) is 0 Å². The maximum atomic E-state index is 3.85. The summed E-state index contributed by atoms with van der Waals surface area (Å²) < 4.78 is 0. The van der Waals surface area contributed by atoms with E-state index in [2.05, 4.69) is 41.8 Å². The van der Waals surface area contributed by atoms with Gasteiger partial charge in [-0.3, -0.25) is 0 Å². The highest BCUT2D eigenvalue weighted by Crippen LogP contribution is 2.31. The minimum absolute atomic E-state index is 0.649. The van der Waals surface area contributed by atoms with Gasteiger partial charge in [0.2, 0.25) is 0 Å². The largest absolute Gasteiger partial charge is 0.309 e. The molecule has 0 radical (unpaired) electrons. The Kier molecular flexibility index (Phi) is 7.77. The monoisotopic (exact) mass is 299 g/mol. The van der Waals surface area contributed by atoms with Gasteiger partial charge >= 0.3 is 0 Å². The maximum Gasteiger partial charge on any atom is 0.0407 e. The minimum Gasteiger partial charge on any atom is -0.309 e. The van der Waals surface area contributed by atoms with Crippen LogP contribution < -0.4 is 5.32 Å². The van der Waals surface area contributed by atoms with Crippen LogP contribution in [0.4, 0.5) is 0 Å². The fourth-order valence-corrected chi connectivity index (χ4v) is 5.89. The van der Waals surface area contributed by atoms with Gasteiger partial charge in [-0.2, -0.15) is 23.5 Å². The molecule has 2 unspecified atom stereocenters. The highest BCUT2D eigenvalue weighted by Gasteiger charge is 2.26. The SMILES string of the molecule is CCCNC(C1=CCCCCCC1)C1CSCCS1. The molecule has 2 aliphatic rings. The Bertz CT molecular complexity index is 272. The molecule has 1 N–H and O–H groups in total. The molecular weight excluding hydrogens is 270 g/mol. The number of hydrogen-bond donors (Lipinski definition) is 1. The van der Waals surface area contributed by atoms with Crippen molar-refractivity contribution < 1.29 is 0 Å². The summed E-state index contributed by atoms with van der Waals surface area (Å²) in [6, 6.07) is 0.649. The maximum absolute atomic E-state index is 3.85. The van der Waals surface area contributed by atoms with Gasteiger partial charge < -0.3 is 5.32 Å². The number of allylic oxidation sites excluding steroid dienone is 1. The van der Waals surface area contributed by atoms with Gasteiger partial charge in [0.25, 0.3) is 0 Å². The van der Waals surface area contributed by atoms with Crippen molar-refractivity contribution in [3.8, 4) is 0 Å². The molecule has 2 rings (SSSR count). The molecule has 3 heteroatoms. The Morgan fingerprint density at radius 2 is 2.16 bits per heavy atom. The number of rotatable bonds is 5. The Morgan fingerprint density at radius 3 is 2.95 bits per heavy atom. The van der Waals surface area contributed by atoms with E-state index in [4.69, 9.17) is 0 Å². The fourth-order valence-electron chi connectivity index (χ4n) is 3.00. The van der Waals surface area contributed by atoms with Gasteiger partial charge in [0.15, 0.2) is 0 Å². The van der Waals surface area contributed by atoms with Crippen molar-refractivity contribution >= 4 is 23.5 Å². The normalized spacial score (nSPS) is 27.2. The molecule has 1 saturated heterocycles. The van der Waals surface area contributed by atoms with Crippen LogP contribution in [0.3, 0.4) is 0 Å². The lowest BCUT2D eigenvalue weighted by molar-refractivity contribution is 0.523. The van der Waals surface area contributed by atoms with Gasteiger partial charge in [0.05, 0.1) is 0 Å². The Morgan fingerprint density at radius 1 is 1.26 bits per heavy atom. The lowest BCUT2D eigenvalue weighted by Gasteiger charge is -2.33. The van der Waals surface area contributed by atoms with Crippen molar-refractivity contribution in [3.05, 3.63) is 11.6 Å². The Labute approximate surface area is 127 Å². The molecule has 1 aliphatic carbocycles. The van der Waals surface area contributed by atoms with E-state index < -0.39 is 0 Å². The molecule has 0 aromatic heterocycles. The topological polar surface area (TPSA) is 12.0 Å². The average Bonchev–Trinajstić information content (AvgIpc) is 2.42. The first kappa shape index (κ1) is 15.8. The third-order valence-corrected chi connectivity index (χ3v) is 6.92. The number of nitrogens with one attached hydrogen (secondary N) is 1. The second kappa shape index (κ2) is 9.36. The van der Waals surface area contributed by atoms with Crippen LogP contribution in [0.25, 0.3) is 0 Å². The lowest BCUT2D eigenvalue weighted by atomic mass is 9.93. The van der Waals surface area contributed by atoms with Crippen LogP contribution in [0.5, 0.6) is 0 Å². The van der Waals surface area contributed by atoms with Crippen molar-refractivity contribution in [1.29, 1.82) is 0 Å². The van der Waals surface area contributed by atoms with Crippen molar-refractivity contribution in [2.24, 2.45) is 0 Å². The second-order valence-corrected chi connectivity index (χ2v) is 8.14. The van der Waals surface area contributed by atoms with Crippen molar-refractivity contribution in [3.63, 3.8) is 0 Å². The highest BCUT2D eigenvalue weighted by molar-refractivity contribution is 8.06. The third-order valence-electron chi connectivity index (χ3n) is 4.05. The molecule has 1 nitrogen and oxygen atoms in total. The summed E-state index contributed by atoms with van der Waals surface area (Å²) >= 11 is 4.35. The zero-order valence-corrected chi connectivity index (χ0v) is 14.0. The molecule has 1 heterocycles. The number of thioether (sulfide) groups is 2. The Balaban J connectivity index is 2.00. The summed E-state index contributed by atoms with van der Waals surface area (Å²) in [4.78, 5) is 0. The van der Waals surface area contributed by atoms with E-state index in [1.807, 2.05) is 0 Å². The van der Waals surface area contributed by atoms with Crippen LogP contribution in [0.2, 0.25) is 0 Å². The zero-order chi connectivity index (χ0) is 13.3. The third kappa shape index (κ3) is 5.35. The molecule has 2 atom stereocenters. The molecule has 0 aromatic carbocycles. The predicted octanol–water partition coefficient (Wildman–Crippen LogP) is 4.48. The second-order valence-electron chi connectivity index (χ2n) is 5.65. The van der Waals surface area contributed by atoms with Crippen LogP contribution >= 0.6 is 23.5 Å². The van der Waals surface area contributed by atoms with E-state index in [0.29, 0.717) is 6.04 Å². The van der Waals surface area contributed by atoms with Crippen molar-refractivity contribution in [2.75, 3.05) is 23.8 Å². The molecule has 0 bridgehead atoms. The molecule has 0 saturated carbocycles. The summed E-state index contributed by atoms with van der Waals surface area (Å²) in [7, 11) is 0. The molecule has 0 aromatic rings. The smallest absolute Gasteiger partial charge is 0.0407 e.